The molecule has 0 atom stereocenters. The van der Waals surface area contributed by atoms with Gasteiger partial charge >= 0.3 is 5.63 Å². The molecule has 0 aliphatic rings. The first-order valence-electron chi connectivity index (χ1n) is 7.13. The van der Waals surface area contributed by atoms with Crippen molar-refractivity contribution in [1.29, 1.82) is 0 Å². The molecule has 3 rings (SSSR count). The van der Waals surface area contributed by atoms with E-state index in [4.69, 9.17) is 4.42 Å². The summed E-state index contributed by atoms with van der Waals surface area (Å²) in [6.07, 6.45) is 3.19. The Morgan fingerprint density at radius 1 is 1.17 bits per heavy atom. The lowest BCUT2D eigenvalue weighted by Gasteiger charge is -2.13. The lowest BCUT2D eigenvalue weighted by atomic mass is 10.0. The molecule has 122 valence electrons. The lowest BCUT2D eigenvalue weighted by molar-refractivity contribution is 0.456. The zero-order valence-corrected chi connectivity index (χ0v) is 16.1. The Bertz CT molecular complexity index is 982. The number of hydrogen-bond acceptors (Lipinski definition) is 4. The van der Waals surface area contributed by atoms with Crippen LogP contribution < -0.4 is 5.63 Å². The van der Waals surface area contributed by atoms with E-state index in [0.29, 0.717) is 15.6 Å². The maximum Gasteiger partial charge on any atom is 0.348 e. The van der Waals surface area contributed by atoms with Crippen LogP contribution in [0.4, 0.5) is 0 Å². The Kier molecular flexibility index (Phi) is 4.60. The van der Waals surface area contributed by atoms with Crippen molar-refractivity contribution in [1.82, 2.24) is 4.98 Å². The van der Waals surface area contributed by atoms with E-state index in [1.165, 1.54) is 6.07 Å². The highest BCUT2D eigenvalue weighted by Crippen LogP contribution is 2.41. The SMILES string of the molecule is Cc1cc(Br)c(-c2c(O)cc(-c3cccnc3)oc2=O)c(Br)c1C. The van der Waals surface area contributed by atoms with E-state index in [2.05, 4.69) is 36.8 Å². The molecule has 0 fully saturated rings. The first kappa shape index (κ1) is 16.9. The Morgan fingerprint density at radius 3 is 2.54 bits per heavy atom. The summed E-state index contributed by atoms with van der Waals surface area (Å²) in [4.78, 5) is 16.5. The molecule has 0 amide bonds. The van der Waals surface area contributed by atoms with Gasteiger partial charge in [-0.05, 0) is 59.1 Å². The van der Waals surface area contributed by atoms with Crippen molar-refractivity contribution in [3.63, 3.8) is 0 Å². The molecule has 1 N–H and O–H groups in total. The highest BCUT2D eigenvalue weighted by molar-refractivity contribution is 9.11. The van der Waals surface area contributed by atoms with E-state index >= 15 is 0 Å². The number of halogens is 2. The van der Waals surface area contributed by atoms with Gasteiger partial charge in [-0.25, -0.2) is 4.79 Å². The first-order chi connectivity index (χ1) is 11.4. The van der Waals surface area contributed by atoms with Gasteiger partial charge in [-0.15, -0.1) is 0 Å². The molecular weight excluding hydrogens is 438 g/mol. The fourth-order valence-electron chi connectivity index (χ4n) is 2.43. The van der Waals surface area contributed by atoms with Crippen LogP contribution in [0, 0.1) is 13.8 Å². The second-order valence-corrected chi connectivity index (χ2v) is 7.04. The molecule has 0 bridgehead atoms. The first-order valence-corrected chi connectivity index (χ1v) is 8.72. The minimum absolute atomic E-state index is 0.115. The third-order valence-corrected chi connectivity index (χ3v) is 5.47. The van der Waals surface area contributed by atoms with Gasteiger partial charge in [0.1, 0.15) is 17.1 Å². The topological polar surface area (TPSA) is 63.3 Å². The van der Waals surface area contributed by atoms with Crippen LogP contribution >= 0.6 is 31.9 Å². The molecular formula is C18H13Br2NO3. The van der Waals surface area contributed by atoms with Gasteiger partial charge in [0.05, 0.1) is 0 Å². The Labute approximate surface area is 155 Å². The molecule has 0 radical (unpaired) electrons. The van der Waals surface area contributed by atoms with Crippen LogP contribution in [0.15, 0.2) is 54.8 Å². The van der Waals surface area contributed by atoms with E-state index in [-0.39, 0.29) is 17.1 Å². The number of rotatable bonds is 2. The Hall–Kier alpha value is -1.92. The van der Waals surface area contributed by atoms with Crippen LogP contribution in [0.1, 0.15) is 11.1 Å². The van der Waals surface area contributed by atoms with E-state index in [0.717, 1.165) is 15.6 Å². The van der Waals surface area contributed by atoms with Crippen LogP contribution in [0.3, 0.4) is 0 Å². The van der Waals surface area contributed by atoms with E-state index < -0.39 is 5.63 Å². The molecule has 1 aromatic carbocycles. The molecule has 2 heterocycles. The molecule has 0 unspecified atom stereocenters. The molecule has 4 nitrogen and oxygen atoms in total. The quantitative estimate of drug-likeness (QED) is 0.581. The van der Waals surface area contributed by atoms with Gasteiger partial charge in [0.15, 0.2) is 0 Å². The molecule has 6 heteroatoms. The smallest absolute Gasteiger partial charge is 0.348 e. The monoisotopic (exact) mass is 449 g/mol. The van der Waals surface area contributed by atoms with Crippen molar-refractivity contribution < 1.29 is 9.52 Å². The molecule has 2 aromatic heterocycles. The number of hydrogen-bond donors (Lipinski definition) is 1. The molecule has 0 saturated heterocycles. The van der Waals surface area contributed by atoms with Crippen molar-refractivity contribution in [2.75, 3.05) is 0 Å². The second-order valence-electron chi connectivity index (χ2n) is 5.39. The van der Waals surface area contributed by atoms with Gasteiger partial charge in [-0.2, -0.15) is 0 Å². The fourth-order valence-corrected chi connectivity index (χ4v) is 4.16. The minimum atomic E-state index is -0.612. The summed E-state index contributed by atoms with van der Waals surface area (Å²) in [7, 11) is 0. The van der Waals surface area contributed by atoms with Crippen LogP contribution in [-0.2, 0) is 0 Å². The molecule has 24 heavy (non-hydrogen) atoms. The number of aromatic nitrogens is 1. The summed E-state index contributed by atoms with van der Waals surface area (Å²) in [6.45, 7) is 3.92. The van der Waals surface area contributed by atoms with Crippen molar-refractivity contribution in [3.8, 4) is 28.2 Å². The largest absolute Gasteiger partial charge is 0.507 e. The van der Waals surface area contributed by atoms with Crippen molar-refractivity contribution in [3.05, 3.63) is 67.2 Å². The second kappa shape index (κ2) is 6.53. The fraction of sp³-hybridized carbons (Fsp3) is 0.111. The third kappa shape index (κ3) is 2.91. The van der Waals surface area contributed by atoms with E-state index in [1.807, 2.05) is 19.9 Å². The van der Waals surface area contributed by atoms with Crippen molar-refractivity contribution >= 4 is 31.9 Å². The van der Waals surface area contributed by atoms with Crippen LogP contribution in [0.5, 0.6) is 5.75 Å². The van der Waals surface area contributed by atoms with Gasteiger partial charge in [0, 0.05) is 38.5 Å². The summed E-state index contributed by atoms with van der Waals surface area (Å²) in [5, 5.41) is 10.5. The predicted molar refractivity (Wildman–Crippen MR) is 100 cm³/mol. The zero-order chi connectivity index (χ0) is 17.4. The summed E-state index contributed by atoms with van der Waals surface area (Å²) < 4.78 is 6.86. The lowest BCUT2D eigenvalue weighted by Crippen LogP contribution is -2.06. The van der Waals surface area contributed by atoms with E-state index in [9.17, 15) is 9.90 Å². The molecule has 3 aromatic rings. The normalized spacial score (nSPS) is 10.8. The summed E-state index contributed by atoms with van der Waals surface area (Å²) in [5.41, 5.74) is 2.75. The number of aromatic hydroxyl groups is 1. The number of pyridine rings is 1. The molecule has 0 aliphatic heterocycles. The zero-order valence-electron chi connectivity index (χ0n) is 12.9. The van der Waals surface area contributed by atoms with Crippen LogP contribution in [0.2, 0.25) is 0 Å². The maximum atomic E-state index is 12.5. The summed E-state index contributed by atoms with van der Waals surface area (Å²) >= 11 is 6.99. The molecule has 0 spiro atoms. The summed E-state index contributed by atoms with van der Waals surface area (Å²) in [6, 6.07) is 6.83. The van der Waals surface area contributed by atoms with E-state index in [1.54, 1.807) is 24.5 Å². The molecule has 0 saturated carbocycles. The van der Waals surface area contributed by atoms with Gasteiger partial charge in [-0.1, -0.05) is 15.9 Å². The Balaban J connectivity index is 2.25. The third-order valence-electron chi connectivity index (χ3n) is 3.85. The number of nitrogens with zero attached hydrogens (tertiary/aromatic N) is 1. The van der Waals surface area contributed by atoms with Gasteiger partial charge in [-0.3, -0.25) is 4.98 Å². The standard InChI is InChI=1S/C18H13Br2NO3/c1-9-6-12(19)15(17(20)10(9)2)16-13(22)7-14(24-18(16)23)11-4-3-5-21-8-11/h3-8,22H,1-2H3. The molecule has 0 aliphatic carbocycles. The highest BCUT2D eigenvalue weighted by Gasteiger charge is 2.21. The van der Waals surface area contributed by atoms with Crippen molar-refractivity contribution in [2.24, 2.45) is 0 Å². The highest BCUT2D eigenvalue weighted by atomic mass is 79.9. The van der Waals surface area contributed by atoms with Gasteiger partial charge in [0.25, 0.3) is 0 Å². The predicted octanol–water partition coefficient (Wildman–Crippen LogP) is 5.22. The maximum absolute atomic E-state index is 12.5. The average molecular weight is 451 g/mol. The number of benzene rings is 1. The Morgan fingerprint density at radius 2 is 1.92 bits per heavy atom. The van der Waals surface area contributed by atoms with Crippen LogP contribution in [-0.4, -0.2) is 10.1 Å². The average Bonchev–Trinajstić information content (AvgIpc) is 2.56. The number of aryl methyl sites for hydroxylation is 1. The van der Waals surface area contributed by atoms with Gasteiger partial charge < -0.3 is 9.52 Å². The van der Waals surface area contributed by atoms with Gasteiger partial charge in [0.2, 0.25) is 0 Å². The minimum Gasteiger partial charge on any atom is -0.507 e. The van der Waals surface area contributed by atoms with Crippen LogP contribution in [0.25, 0.3) is 22.5 Å². The summed E-state index contributed by atoms with van der Waals surface area (Å²) in [5.74, 6) is 0.125. The van der Waals surface area contributed by atoms with Crippen molar-refractivity contribution in [2.45, 2.75) is 13.8 Å².